The highest BCUT2D eigenvalue weighted by atomic mass is 19.1. The summed E-state index contributed by atoms with van der Waals surface area (Å²) in [5, 5.41) is 3.17. The van der Waals surface area contributed by atoms with Gasteiger partial charge in [-0.05, 0) is 24.2 Å². The van der Waals surface area contributed by atoms with Crippen molar-refractivity contribution in [1.82, 2.24) is 10.3 Å². The van der Waals surface area contributed by atoms with E-state index in [0.717, 1.165) is 12.1 Å². The summed E-state index contributed by atoms with van der Waals surface area (Å²) in [5.74, 6) is 0.374. The van der Waals surface area contributed by atoms with Crippen LogP contribution in [0.1, 0.15) is 12.5 Å². The predicted molar refractivity (Wildman–Crippen MR) is 73.6 cm³/mol. The van der Waals surface area contributed by atoms with Gasteiger partial charge in [-0.25, -0.2) is 4.39 Å². The van der Waals surface area contributed by atoms with E-state index in [0.29, 0.717) is 23.4 Å². The molecule has 1 heterocycles. The summed E-state index contributed by atoms with van der Waals surface area (Å²) in [6, 6.07) is 7.02. The minimum absolute atomic E-state index is 0.245. The molecular weight excluding hydrogens is 243 g/mol. The van der Waals surface area contributed by atoms with E-state index in [1.807, 2.05) is 13.0 Å². The maximum atomic E-state index is 14.1. The largest absolute Gasteiger partial charge is 0.495 e. The summed E-state index contributed by atoms with van der Waals surface area (Å²) in [6.07, 6.45) is 3.23. The molecule has 0 amide bonds. The Kier molecular flexibility index (Phi) is 4.47. The molecular formula is C15H17FN2O. The molecule has 19 heavy (non-hydrogen) atoms. The predicted octanol–water partition coefficient (Wildman–Crippen LogP) is 3.01. The molecule has 0 atom stereocenters. The van der Waals surface area contributed by atoms with E-state index in [9.17, 15) is 4.39 Å². The van der Waals surface area contributed by atoms with Crippen LogP contribution in [0.5, 0.6) is 5.75 Å². The molecule has 0 bridgehead atoms. The topological polar surface area (TPSA) is 34.2 Å². The second-order valence-electron chi connectivity index (χ2n) is 4.21. The number of pyridine rings is 1. The maximum absolute atomic E-state index is 14.1. The highest BCUT2D eigenvalue weighted by Crippen LogP contribution is 2.25. The van der Waals surface area contributed by atoms with Crippen LogP contribution in [0, 0.1) is 5.82 Å². The third-order valence-electron chi connectivity index (χ3n) is 2.87. The zero-order valence-corrected chi connectivity index (χ0v) is 11.1. The molecule has 0 aliphatic rings. The van der Waals surface area contributed by atoms with Crippen LogP contribution in [0.3, 0.4) is 0 Å². The molecule has 1 N–H and O–H groups in total. The Balaban J connectivity index is 2.29. The first kappa shape index (κ1) is 13.5. The van der Waals surface area contributed by atoms with Gasteiger partial charge in [-0.15, -0.1) is 0 Å². The number of rotatable bonds is 5. The number of nitrogens with one attached hydrogen (secondary N) is 1. The molecule has 3 nitrogen and oxygen atoms in total. The van der Waals surface area contributed by atoms with Crippen molar-refractivity contribution in [3.63, 3.8) is 0 Å². The second kappa shape index (κ2) is 6.29. The quantitative estimate of drug-likeness (QED) is 0.897. The third kappa shape index (κ3) is 3.29. The highest BCUT2D eigenvalue weighted by molar-refractivity contribution is 5.64. The van der Waals surface area contributed by atoms with Crippen molar-refractivity contribution in [3.05, 3.63) is 48.0 Å². The summed E-state index contributed by atoms with van der Waals surface area (Å²) in [4.78, 5) is 4.04. The average molecular weight is 260 g/mol. The van der Waals surface area contributed by atoms with E-state index in [1.54, 1.807) is 37.7 Å². The molecule has 1 aromatic heterocycles. The molecule has 0 saturated carbocycles. The Hall–Kier alpha value is -1.94. The van der Waals surface area contributed by atoms with Gasteiger partial charge < -0.3 is 10.1 Å². The Morgan fingerprint density at radius 1 is 1.26 bits per heavy atom. The summed E-state index contributed by atoms with van der Waals surface area (Å²) < 4.78 is 19.2. The number of aromatic nitrogens is 1. The highest BCUT2D eigenvalue weighted by Gasteiger charge is 2.07. The van der Waals surface area contributed by atoms with E-state index in [4.69, 9.17) is 4.74 Å². The summed E-state index contributed by atoms with van der Waals surface area (Å²) in [6.45, 7) is 3.56. The Morgan fingerprint density at radius 3 is 2.79 bits per heavy atom. The van der Waals surface area contributed by atoms with Crippen LogP contribution in [0.25, 0.3) is 11.1 Å². The van der Waals surface area contributed by atoms with Gasteiger partial charge in [0.2, 0.25) is 0 Å². The van der Waals surface area contributed by atoms with Crippen LogP contribution in [0.4, 0.5) is 4.39 Å². The van der Waals surface area contributed by atoms with Crippen LogP contribution in [-0.2, 0) is 6.54 Å². The van der Waals surface area contributed by atoms with Crippen molar-refractivity contribution < 1.29 is 9.13 Å². The number of nitrogens with zero attached hydrogens (tertiary/aromatic N) is 1. The Morgan fingerprint density at radius 2 is 2.11 bits per heavy atom. The van der Waals surface area contributed by atoms with Crippen molar-refractivity contribution in [3.8, 4) is 16.9 Å². The van der Waals surface area contributed by atoms with Crippen molar-refractivity contribution in [2.75, 3.05) is 13.7 Å². The van der Waals surface area contributed by atoms with Crippen molar-refractivity contribution in [2.24, 2.45) is 0 Å². The lowest BCUT2D eigenvalue weighted by atomic mass is 10.0. The van der Waals surface area contributed by atoms with Gasteiger partial charge in [0.25, 0.3) is 0 Å². The molecule has 0 radical (unpaired) electrons. The van der Waals surface area contributed by atoms with Crippen molar-refractivity contribution in [1.29, 1.82) is 0 Å². The molecule has 0 spiro atoms. The van der Waals surface area contributed by atoms with Crippen LogP contribution in [0.2, 0.25) is 0 Å². The number of hydrogen-bond donors (Lipinski definition) is 1. The SMILES string of the molecule is CCNCc1ccc(-c2cncc(OC)c2)c(F)c1. The summed E-state index contributed by atoms with van der Waals surface area (Å²) in [7, 11) is 1.57. The van der Waals surface area contributed by atoms with E-state index >= 15 is 0 Å². The Bertz CT molecular complexity index is 558. The number of ether oxygens (including phenoxy) is 1. The standard InChI is InChI=1S/C15H17FN2O/c1-3-17-8-11-4-5-14(15(16)6-11)12-7-13(19-2)10-18-9-12/h4-7,9-10,17H,3,8H2,1-2H3. The first-order chi connectivity index (χ1) is 9.24. The molecule has 4 heteroatoms. The molecule has 0 fully saturated rings. The minimum atomic E-state index is -0.245. The smallest absolute Gasteiger partial charge is 0.137 e. The van der Waals surface area contributed by atoms with Gasteiger partial charge in [0.1, 0.15) is 11.6 Å². The average Bonchev–Trinajstić information content (AvgIpc) is 2.45. The second-order valence-corrected chi connectivity index (χ2v) is 4.21. The van der Waals surface area contributed by atoms with Crippen LogP contribution in [0.15, 0.2) is 36.7 Å². The van der Waals surface area contributed by atoms with Gasteiger partial charge in [0.05, 0.1) is 13.3 Å². The summed E-state index contributed by atoms with van der Waals surface area (Å²) >= 11 is 0. The van der Waals surface area contributed by atoms with Gasteiger partial charge in [0.15, 0.2) is 0 Å². The minimum Gasteiger partial charge on any atom is -0.495 e. The van der Waals surface area contributed by atoms with E-state index < -0.39 is 0 Å². The monoisotopic (exact) mass is 260 g/mol. The van der Waals surface area contributed by atoms with E-state index in [1.165, 1.54) is 0 Å². The normalized spacial score (nSPS) is 10.5. The van der Waals surface area contributed by atoms with Gasteiger partial charge in [-0.3, -0.25) is 4.98 Å². The molecule has 0 aliphatic heterocycles. The van der Waals surface area contributed by atoms with Gasteiger partial charge >= 0.3 is 0 Å². The molecule has 100 valence electrons. The zero-order chi connectivity index (χ0) is 13.7. The molecule has 1 aromatic carbocycles. The molecule has 0 unspecified atom stereocenters. The van der Waals surface area contributed by atoms with Crippen molar-refractivity contribution >= 4 is 0 Å². The number of benzene rings is 1. The van der Waals surface area contributed by atoms with Gasteiger partial charge in [-0.1, -0.05) is 19.1 Å². The van der Waals surface area contributed by atoms with Crippen molar-refractivity contribution in [2.45, 2.75) is 13.5 Å². The lowest BCUT2D eigenvalue weighted by Gasteiger charge is -2.08. The fourth-order valence-corrected chi connectivity index (χ4v) is 1.85. The lowest BCUT2D eigenvalue weighted by Crippen LogP contribution is -2.11. The zero-order valence-electron chi connectivity index (χ0n) is 11.1. The fourth-order valence-electron chi connectivity index (χ4n) is 1.85. The van der Waals surface area contributed by atoms with Crippen LogP contribution in [-0.4, -0.2) is 18.6 Å². The first-order valence-electron chi connectivity index (χ1n) is 6.23. The number of methoxy groups -OCH3 is 1. The molecule has 2 aromatic rings. The maximum Gasteiger partial charge on any atom is 0.137 e. The molecule has 2 rings (SSSR count). The first-order valence-corrected chi connectivity index (χ1v) is 6.23. The van der Waals surface area contributed by atoms with Gasteiger partial charge in [0, 0.05) is 23.9 Å². The fraction of sp³-hybridized carbons (Fsp3) is 0.267. The summed E-state index contributed by atoms with van der Waals surface area (Å²) in [5.41, 5.74) is 2.18. The number of halogens is 1. The van der Waals surface area contributed by atoms with Crippen LogP contribution >= 0.6 is 0 Å². The lowest BCUT2D eigenvalue weighted by molar-refractivity contribution is 0.413. The Labute approximate surface area is 112 Å². The molecule has 0 saturated heterocycles. The molecule has 0 aliphatic carbocycles. The van der Waals surface area contributed by atoms with Crippen LogP contribution < -0.4 is 10.1 Å². The van der Waals surface area contributed by atoms with E-state index in [2.05, 4.69) is 10.3 Å². The third-order valence-corrected chi connectivity index (χ3v) is 2.87. The van der Waals surface area contributed by atoms with Gasteiger partial charge in [-0.2, -0.15) is 0 Å². The van der Waals surface area contributed by atoms with E-state index in [-0.39, 0.29) is 5.82 Å². The number of hydrogen-bond acceptors (Lipinski definition) is 3.